The second kappa shape index (κ2) is 5.20. The summed E-state index contributed by atoms with van der Waals surface area (Å²) in [4.78, 5) is 28.7. The SMILES string of the molecule is CS(=O)(=O)c1ccc(C(=O)N2CCC[C@@H]2C(N)=O)cn1. The number of nitrogens with zero attached hydrogens (tertiary/aromatic N) is 2. The Morgan fingerprint density at radius 3 is 2.60 bits per heavy atom. The van der Waals surface area contributed by atoms with Crippen molar-refractivity contribution in [1.82, 2.24) is 9.88 Å². The molecule has 0 spiro atoms. The molecule has 7 nitrogen and oxygen atoms in total. The maximum absolute atomic E-state index is 12.3. The lowest BCUT2D eigenvalue weighted by Crippen LogP contribution is -2.43. The number of hydrogen-bond donors (Lipinski definition) is 1. The Morgan fingerprint density at radius 1 is 1.40 bits per heavy atom. The van der Waals surface area contributed by atoms with Crippen LogP contribution < -0.4 is 5.73 Å². The monoisotopic (exact) mass is 297 g/mol. The van der Waals surface area contributed by atoms with Crippen LogP contribution in [-0.4, -0.2) is 49.0 Å². The molecule has 20 heavy (non-hydrogen) atoms. The van der Waals surface area contributed by atoms with Crippen molar-refractivity contribution in [2.24, 2.45) is 5.73 Å². The highest BCUT2D eigenvalue weighted by molar-refractivity contribution is 7.90. The molecule has 1 aromatic heterocycles. The number of nitrogens with two attached hydrogens (primary N) is 1. The third-order valence-electron chi connectivity index (χ3n) is 3.21. The number of hydrogen-bond acceptors (Lipinski definition) is 5. The number of aromatic nitrogens is 1. The molecule has 2 rings (SSSR count). The van der Waals surface area contributed by atoms with Gasteiger partial charge in [-0.15, -0.1) is 0 Å². The van der Waals surface area contributed by atoms with E-state index in [1.54, 1.807) is 0 Å². The number of primary amides is 1. The van der Waals surface area contributed by atoms with E-state index in [1.807, 2.05) is 0 Å². The third-order valence-corrected chi connectivity index (χ3v) is 4.21. The van der Waals surface area contributed by atoms with Gasteiger partial charge in [-0.05, 0) is 25.0 Å². The second-order valence-electron chi connectivity index (χ2n) is 4.72. The van der Waals surface area contributed by atoms with E-state index >= 15 is 0 Å². The van der Waals surface area contributed by atoms with Crippen LogP contribution in [0.2, 0.25) is 0 Å². The van der Waals surface area contributed by atoms with Crippen LogP contribution in [-0.2, 0) is 14.6 Å². The molecule has 1 aliphatic rings. The largest absolute Gasteiger partial charge is 0.368 e. The quantitative estimate of drug-likeness (QED) is 0.814. The van der Waals surface area contributed by atoms with Crippen LogP contribution in [0.3, 0.4) is 0 Å². The summed E-state index contributed by atoms with van der Waals surface area (Å²) >= 11 is 0. The smallest absolute Gasteiger partial charge is 0.256 e. The zero-order valence-corrected chi connectivity index (χ0v) is 11.8. The van der Waals surface area contributed by atoms with Crippen LogP contribution in [0.25, 0.3) is 0 Å². The standard InChI is InChI=1S/C12H15N3O4S/c1-20(18,19)10-5-4-8(7-14-10)12(17)15-6-2-3-9(15)11(13)16/h4-5,7,9H,2-3,6H2,1H3,(H2,13,16)/t9-/m1/s1. The Hall–Kier alpha value is -1.96. The first-order valence-corrected chi connectivity index (χ1v) is 7.96. The van der Waals surface area contributed by atoms with Crippen molar-refractivity contribution < 1.29 is 18.0 Å². The van der Waals surface area contributed by atoms with Crippen molar-refractivity contribution in [2.75, 3.05) is 12.8 Å². The number of likely N-dealkylation sites (tertiary alicyclic amines) is 1. The van der Waals surface area contributed by atoms with Gasteiger partial charge in [-0.3, -0.25) is 9.59 Å². The first-order valence-electron chi connectivity index (χ1n) is 6.07. The minimum atomic E-state index is -3.40. The number of amides is 2. The molecule has 0 aliphatic carbocycles. The van der Waals surface area contributed by atoms with E-state index in [2.05, 4.69) is 4.98 Å². The summed E-state index contributed by atoms with van der Waals surface area (Å²) in [6.45, 7) is 0.459. The molecule has 1 saturated heterocycles. The lowest BCUT2D eigenvalue weighted by molar-refractivity contribution is -0.121. The number of sulfone groups is 1. The fraction of sp³-hybridized carbons (Fsp3) is 0.417. The van der Waals surface area contributed by atoms with Gasteiger partial charge in [-0.2, -0.15) is 0 Å². The van der Waals surface area contributed by atoms with E-state index in [4.69, 9.17) is 5.73 Å². The van der Waals surface area contributed by atoms with E-state index in [1.165, 1.54) is 23.2 Å². The number of pyridine rings is 1. The lowest BCUT2D eigenvalue weighted by atomic mass is 10.2. The summed E-state index contributed by atoms with van der Waals surface area (Å²) in [6.07, 6.45) is 3.51. The molecule has 8 heteroatoms. The highest BCUT2D eigenvalue weighted by Gasteiger charge is 2.33. The number of rotatable bonds is 3. The zero-order chi connectivity index (χ0) is 14.9. The van der Waals surface area contributed by atoms with Crippen molar-refractivity contribution in [1.29, 1.82) is 0 Å². The predicted molar refractivity (Wildman–Crippen MR) is 70.6 cm³/mol. The summed E-state index contributed by atoms with van der Waals surface area (Å²) < 4.78 is 22.6. The van der Waals surface area contributed by atoms with Crippen LogP contribution in [0.5, 0.6) is 0 Å². The van der Waals surface area contributed by atoms with Gasteiger partial charge in [0.05, 0.1) is 5.56 Å². The van der Waals surface area contributed by atoms with E-state index in [0.29, 0.717) is 19.4 Å². The highest BCUT2D eigenvalue weighted by Crippen LogP contribution is 2.20. The average Bonchev–Trinajstić information content (AvgIpc) is 2.86. The minimum Gasteiger partial charge on any atom is -0.368 e. The van der Waals surface area contributed by atoms with Gasteiger partial charge in [0, 0.05) is 19.0 Å². The molecule has 2 amide bonds. The number of carbonyl (C=O) groups is 2. The average molecular weight is 297 g/mol. The van der Waals surface area contributed by atoms with Crippen LogP contribution in [0.15, 0.2) is 23.4 Å². The summed E-state index contributed by atoms with van der Waals surface area (Å²) in [5.41, 5.74) is 5.50. The molecular formula is C12H15N3O4S. The van der Waals surface area contributed by atoms with Crippen LogP contribution >= 0.6 is 0 Å². The van der Waals surface area contributed by atoms with Crippen molar-refractivity contribution >= 4 is 21.7 Å². The first kappa shape index (κ1) is 14.4. The van der Waals surface area contributed by atoms with Crippen molar-refractivity contribution in [3.63, 3.8) is 0 Å². The molecule has 0 bridgehead atoms. The van der Waals surface area contributed by atoms with Gasteiger partial charge in [0.2, 0.25) is 5.91 Å². The Balaban J connectivity index is 2.24. The van der Waals surface area contributed by atoms with E-state index < -0.39 is 21.8 Å². The van der Waals surface area contributed by atoms with E-state index in [9.17, 15) is 18.0 Å². The number of carbonyl (C=O) groups excluding carboxylic acids is 2. The fourth-order valence-corrected chi connectivity index (χ4v) is 2.76. The molecule has 0 saturated carbocycles. The Morgan fingerprint density at radius 2 is 2.10 bits per heavy atom. The summed E-state index contributed by atoms with van der Waals surface area (Å²) in [5, 5.41) is -0.0954. The van der Waals surface area contributed by atoms with Gasteiger partial charge in [0.1, 0.15) is 6.04 Å². The molecular weight excluding hydrogens is 282 g/mol. The van der Waals surface area contributed by atoms with Crippen LogP contribution in [0, 0.1) is 0 Å². The molecule has 2 N–H and O–H groups in total. The fourth-order valence-electron chi connectivity index (χ4n) is 2.20. The first-order chi connectivity index (χ1) is 9.30. The van der Waals surface area contributed by atoms with E-state index in [0.717, 1.165) is 6.26 Å². The molecule has 1 aromatic rings. The van der Waals surface area contributed by atoms with Crippen LogP contribution in [0.1, 0.15) is 23.2 Å². The van der Waals surface area contributed by atoms with Crippen molar-refractivity contribution in [3.8, 4) is 0 Å². The Labute approximate surface area is 116 Å². The molecule has 0 unspecified atom stereocenters. The summed E-state index contributed by atoms with van der Waals surface area (Å²) in [7, 11) is -3.40. The van der Waals surface area contributed by atoms with E-state index in [-0.39, 0.29) is 16.5 Å². The molecule has 2 heterocycles. The molecule has 1 aliphatic heterocycles. The second-order valence-corrected chi connectivity index (χ2v) is 6.68. The highest BCUT2D eigenvalue weighted by atomic mass is 32.2. The molecule has 1 fully saturated rings. The zero-order valence-electron chi connectivity index (χ0n) is 10.9. The summed E-state index contributed by atoms with van der Waals surface area (Å²) in [6, 6.07) is 2.07. The minimum absolute atomic E-state index is 0.0954. The van der Waals surface area contributed by atoms with Gasteiger partial charge in [0.25, 0.3) is 5.91 Å². The third kappa shape index (κ3) is 2.79. The summed E-state index contributed by atoms with van der Waals surface area (Å²) in [5.74, 6) is -0.893. The van der Waals surface area contributed by atoms with Crippen LogP contribution in [0.4, 0.5) is 0 Å². The van der Waals surface area contributed by atoms with Crippen molar-refractivity contribution in [2.45, 2.75) is 23.9 Å². The molecule has 1 atom stereocenters. The molecule has 0 aromatic carbocycles. The predicted octanol–water partition coefficient (Wildman–Crippen LogP) is -0.425. The molecule has 108 valence electrons. The van der Waals surface area contributed by atoms with Gasteiger partial charge in [-0.1, -0.05) is 0 Å². The van der Waals surface area contributed by atoms with Gasteiger partial charge < -0.3 is 10.6 Å². The molecule has 0 radical (unpaired) electrons. The maximum Gasteiger partial charge on any atom is 0.256 e. The van der Waals surface area contributed by atoms with Crippen molar-refractivity contribution in [3.05, 3.63) is 23.9 Å². The van der Waals surface area contributed by atoms with Gasteiger partial charge >= 0.3 is 0 Å². The Bertz CT molecular complexity index is 639. The van der Waals surface area contributed by atoms with Gasteiger partial charge in [0.15, 0.2) is 14.9 Å². The normalized spacial score (nSPS) is 19.1. The Kier molecular flexibility index (Phi) is 3.76. The lowest BCUT2D eigenvalue weighted by Gasteiger charge is -2.22. The van der Waals surface area contributed by atoms with Gasteiger partial charge in [-0.25, -0.2) is 13.4 Å². The maximum atomic E-state index is 12.3. The topological polar surface area (TPSA) is 110 Å².